The zero-order valence-corrected chi connectivity index (χ0v) is 22.5. The Morgan fingerprint density at radius 1 is 0.897 bits per heavy atom. The molecular weight excluding hydrogens is 498 g/mol. The van der Waals surface area contributed by atoms with Gasteiger partial charge in [-0.15, -0.1) is 0 Å². The second-order valence-electron chi connectivity index (χ2n) is 10.4. The highest BCUT2D eigenvalue weighted by Crippen LogP contribution is 2.42. The molecule has 1 heterocycles. The molecule has 8 nitrogen and oxygen atoms in total. The smallest absolute Gasteiger partial charge is 0.335 e. The van der Waals surface area contributed by atoms with Gasteiger partial charge >= 0.3 is 5.97 Å². The Bertz CT molecular complexity index is 1460. The number of hydrogen-bond acceptors (Lipinski definition) is 6. The standard InChI is InChI=1S/C31H31NO7/c1-31(2,3)23-16-21(13-14-24(23)39-5)27(33)25-26(20-7-6-8-22(15-20)38-4)32(29(35)28(25)34)17-18-9-11-19(12-10-18)30(36)37/h6-16,26,33H,17H2,1-5H3,(H,36,37)/b27-25-. The number of carboxylic acid groups (broad SMARTS) is 1. The number of rotatable bonds is 7. The van der Waals surface area contributed by atoms with Crippen LogP contribution < -0.4 is 9.47 Å². The Kier molecular flexibility index (Phi) is 7.49. The van der Waals surface area contributed by atoms with E-state index in [0.29, 0.717) is 28.2 Å². The van der Waals surface area contributed by atoms with Crippen LogP contribution in [0.4, 0.5) is 0 Å². The minimum absolute atomic E-state index is 0.0268. The van der Waals surface area contributed by atoms with E-state index in [1.165, 1.54) is 24.1 Å². The van der Waals surface area contributed by atoms with E-state index >= 15 is 0 Å². The van der Waals surface area contributed by atoms with E-state index in [0.717, 1.165) is 5.56 Å². The van der Waals surface area contributed by atoms with Crippen molar-refractivity contribution in [2.24, 2.45) is 0 Å². The molecule has 3 aromatic carbocycles. The number of amides is 1. The molecule has 0 aromatic heterocycles. The van der Waals surface area contributed by atoms with Gasteiger partial charge in [-0.25, -0.2) is 4.79 Å². The van der Waals surface area contributed by atoms with E-state index in [1.54, 1.807) is 61.7 Å². The van der Waals surface area contributed by atoms with Crippen molar-refractivity contribution in [3.05, 3.63) is 100 Å². The zero-order chi connectivity index (χ0) is 28.5. The van der Waals surface area contributed by atoms with Crippen molar-refractivity contribution in [1.82, 2.24) is 4.90 Å². The number of ketones is 1. The molecule has 1 fully saturated rings. The lowest BCUT2D eigenvalue weighted by Gasteiger charge is -2.26. The molecule has 8 heteroatoms. The van der Waals surface area contributed by atoms with Gasteiger partial charge in [0.2, 0.25) is 0 Å². The Labute approximate surface area is 227 Å². The van der Waals surface area contributed by atoms with Crippen molar-refractivity contribution in [3.8, 4) is 11.5 Å². The molecular formula is C31H31NO7. The van der Waals surface area contributed by atoms with E-state index in [1.807, 2.05) is 20.8 Å². The molecule has 1 aliphatic heterocycles. The summed E-state index contributed by atoms with van der Waals surface area (Å²) in [6.07, 6.45) is 0. The van der Waals surface area contributed by atoms with Crippen molar-refractivity contribution < 1.29 is 34.1 Å². The van der Waals surface area contributed by atoms with Gasteiger partial charge in [0.15, 0.2) is 0 Å². The van der Waals surface area contributed by atoms with E-state index in [2.05, 4.69) is 0 Å². The van der Waals surface area contributed by atoms with Crippen LogP contribution >= 0.6 is 0 Å². The lowest BCUT2D eigenvalue weighted by molar-refractivity contribution is -0.140. The Morgan fingerprint density at radius 3 is 2.15 bits per heavy atom. The number of nitrogens with zero attached hydrogens (tertiary/aromatic N) is 1. The van der Waals surface area contributed by atoms with Crippen LogP contribution in [0.25, 0.3) is 5.76 Å². The van der Waals surface area contributed by atoms with Gasteiger partial charge in [-0.2, -0.15) is 0 Å². The van der Waals surface area contributed by atoms with Gasteiger partial charge in [-0.1, -0.05) is 45.0 Å². The van der Waals surface area contributed by atoms with Crippen LogP contribution in [-0.4, -0.2) is 47.0 Å². The number of carbonyl (C=O) groups is 3. The largest absolute Gasteiger partial charge is 0.507 e. The molecule has 2 N–H and O–H groups in total. The molecule has 202 valence electrons. The third kappa shape index (κ3) is 5.36. The molecule has 0 radical (unpaired) electrons. The van der Waals surface area contributed by atoms with E-state index < -0.39 is 23.7 Å². The van der Waals surface area contributed by atoms with Crippen LogP contribution in [0, 0.1) is 0 Å². The number of carbonyl (C=O) groups excluding carboxylic acids is 2. The van der Waals surface area contributed by atoms with Crippen LogP contribution in [-0.2, 0) is 21.5 Å². The highest BCUT2D eigenvalue weighted by Gasteiger charge is 2.46. The fourth-order valence-electron chi connectivity index (χ4n) is 4.75. The highest BCUT2D eigenvalue weighted by atomic mass is 16.5. The Balaban J connectivity index is 1.88. The van der Waals surface area contributed by atoms with Gasteiger partial charge < -0.3 is 24.6 Å². The quantitative estimate of drug-likeness (QED) is 0.242. The lowest BCUT2D eigenvalue weighted by atomic mass is 9.84. The second-order valence-corrected chi connectivity index (χ2v) is 10.4. The highest BCUT2D eigenvalue weighted by molar-refractivity contribution is 6.46. The normalized spacial score (nSPS) is 16.8. The summed E-state index contributed by atoms with van der Waals surface area (Å²) in [5.74, 6) is -1.76. The number of Topliss-reactive ketones (excluding diaryl/α,β-unsaturated/α-hetero) is 1. The predicted octanol–water partition coefficient (Wildman–Crippen LogP) is 5.32. The minimum atomic E-state index is -1.06. The van der Waals surface area contributed by atoms with Crippen molar-refractivity contribution in [1.29, 1.82) is 0 Å². The summed E-state index contributed by atoms with van der Waals surface area (Å²) in [6.45, 7) is 6.07. The number of benzene rings is 3. The van der Waals surface area contributed by atoms with Crippen molar-refractivity contribution in [2.45, 2.75) is 38.8 Å². The number of likely N-dealkylation sites (tertiary alicyclic amines) is 1. The molecule has 1 amide bonds. The second kappa shape index (κ2) is 10.6. The fourth-order valence-corrected chi connectivity index (χ4v) is 4.75. The SMILES string of the molecule is COc1cccc(C2/C(=C(/O)c3ccc(OC)c(C(C)(C)C)c3)C(=O)C(=O)N2Cc2ccc(C(=O)O)cc2)c1. The topological polar surface area (TPSA) is 113 Å². The first-order chi connectivity index (χ1) is 18.5. The third-order valence-corrected chi connectivity index (χ3v) is 6.78. The van der Waals surface area contributed by atoms with Gasteiger partial charge in [0.25, 0.3) is 11.7 Å². The molecule has 3 aromatic rings. The van der Waals surface area contributed by atoms with Crippen LogP contribution in [0.15, 0.2) is 72.3 Å². The third-order valence-electron chi connectivity index (χ3n) is 6.78. The van der Waals surface area contributed by atoms with Gasteiger partial charge in [0.05, 0.1) is 31.4 Å². The van der Waals surface area contributed by atoms with Gasteiger partial charge in [0.1, 0.15) is 17.3 Å². The van der Waals surface area contributed by atoms with Crippen molar-refractivity contribution in [2.75, 3.05) is 14.2 Å². The monoisotopic (exact) mass is 529 g/mol. The maximum Gasteiger partial charge on any atom is 0.335 e. The summed E-state index contributed by atoms with van der Waals surface area (Å²) < 4.78 is 10.9. The first kappa shape index (κ1) is 27.4. The molecule has 1 atom stereocenters. The number of methoxy groups -OCH3 is 2. The molecule has 4 rings (SSSR count). The van der Waals surface area contributed by atoms with Crippen molar-refractivity contribution >= 4 is 23.4 Å². The maximum absolute atomic E-state index is 13.5. The van der Waals surface area contributed by atoms with Crippen LogP contribution in [0.1, 0.15) is 59.4 Å². The Hall–Kier alpha value is -4.59. The van der Waals surface area contributed by atoms with Crippen LogP contribution in [0.2, 0.25) is 0 Å². The molecule has 1 saturated heterocycles. The maximum atomic E-state index is 13.5. The lowest BCUT2D eigenvalue weighted by Crippen LogP contribution is -2.29. The number of hydrogen-bond donors (Lipinski definition) is 2. The molecule has 1 unspecified atom stereocenters. The summed E-state index contributed by atoms with van der Waals surface area (Å²) >= 11 is 0. The zero-order valence-electron chi connectivity index (χ0n) is 22.5. The van der Waals surface area contributed by atoms with Crippen LogP contribution in [0.5, 0.6) is 11.5 Å². The number of aromatic carboxylic acids is 1. The number of aliphatic hydroxyl groups is 1. The predicted molar refractivity (Wildman–Crippen MR) is 146 cm³/mol. The average Bonchev–Trinajstić information content (AvgIpc) is 3.17. The molecule has 0 spiro atoms. The summed E-state index contributed by atoms with van der Waals surface area (Å²) in [6, 6.07) is 17.3. The summed E-state index contributed by atoms with van der Waals surface area (Å²) in [7, 11) is 3.09. The van der Waals surface area contributed by atoms with Crippen LogP contribution in [0.3, 0.4) is 0 Å². The van der Waals surface area contributed by atoms with E-state index in [-0.39, 0.29) is 28.9 Å². The summed E-state index contributed by atoms with van der Waals surface area (Å²) in [5.41, 5.74) is 2.19. The number of carboxylic acids is 1. The molecule has 0 saturated carbocycles. The summed E-state index contributed by atoms with van der Waals surface area (Å²) in [5, 5.41) is 20.8. The molecule has 39 heavy (non-hydrogen) atoms. The number of aliphatic hydroxyl groups excluding tert-OH is 1. The molecule has 0 aliphatic carbocycles. The van der Waals surface area contributed by atoms with Gasteiger partial charge in [0, 0.05) is 17.7 Å². The number of ether oxygens (including phenoxy) is 2. The minimum Gasteiger partial charge on any atom is -0.507 e. The first-order valence-corrected chi connectivity index (χ1v) is 12.4. The summed E-state index contributed by atoms with van der Waals surface area (Å²) in [4.78, 5) is 39.5. The van der Waals surface area contributed by atoms with Gasteiger partial charge in [-0.3, -0.25) is 9.59 Å². The van der Waals surface area contributed by atoms with Gasteiger partial charge in [-0.05, 0) is 59.0 Å². The van der Waals surface area contributed by atoms with Crippen molar-refractivity contribution in [3.63, 3.8) is 0 Å². The molecule has 1 aliphatic rings. The average molecular weight is 530 g/mol. The van der Waals surface area contributed by atoms with E-state index in [4.69, 9.17) is 9.47 Å². The molecule has 0 bridgehead atoms. The Morgan fingerprint density at radius 2 is 1.56 bits per heavy atom. The van der Waals surface area contributed by atoms with E-state index in [9.17, 15) is 24.6 Å². The first-order valence-electron chi connectivity index (χ1n) is 12.4. The fraction of sp³-hybridized carbons (Fsp3) is 0.258.